The fourth-order valence-corrected chi connectivity index (χ4v) is 8.34. The molecule has 3 heterocycles. The maximum atomic E-state index is 11.6. The third kappa shape index (κ3) is 13.5. The summed E-state index contributed by atoms with van der Waals surface area (Å²) in [6.45, 7) is 10.5. The number of hydrogen-bond acceptors (Lipinski definition) is 11. The standard InChI is InChI=1S/C27H35N3O3S.C20H19N3O2S/c1-34-26(27(31)28-32)12-6-10-24-9-5-11-25(21-24)22-30(14-13-23-7-3-2-4-8-23)16-15-29-17-19-33-20-18-29;24-20(21-25)19-10-9-18(26-19)16-6-4-5-15(13-16)14-22-11-12-23(22)17-7-2-1-3-8-17/h2-12,21,32H,13-20,22H2,1H3,(H,28,31);1-10,13,25H,11-12,14H2,(H,21,24)/b10-6+,26-12-;. The molecule has 0 saturated carbocycles. The number of hydrogen-bond donors (Lipinski definition) is 4. The Morgan fingerprint density at radius 1 is 0.800 bits per heavy atom. The minimum absolute atomic E-state index is 0.449. The van der Waals surface area contributed by atoms with Crippen LogP contribution in [0.1, 0.15) is 31.9 Å². The van der Waals surface area contributed by atoms with Gasteiger partial charge in [0.2, 0.25) is 0 Å². The van der Waals surface area contributed by atoms with E-state index in [0.29, 0.717) is 9.78 Å². The zero-order chi connectivity index (χ0) is 41.9. The van der Waals surface area contributed by atoms with Gasteiger partial charge >= 0.3 is 0 Å². The molecule has 5 aromatic rings. The molecule has 2 aliphatic rings. The van der Waals surface area contributed by atoms with Crippen LogP contribution in [0.4, 0.5) is 5.69 Å². The van der Waals surface area contributed by atoms with E-state index in [1.807, 2.05) is 36.4 Å². The lowest BCUT2D eigenvalue weighted by Crippen LogP contribution is -2.56. The van der Waals surface area contributed by atoms with E-state index < -0.39 is 11.8 Å². The fourth-order valence-electron chi connectivity index (χ4n) is 7.00. The SMILES string of the molecule is CS/C(=C\C=C\c1cccc(CN(CCc2ccccc2)CCN2CCOCC2)c1)C(=O)NO.O=C(NO)c1ccc(-c2cccc(CN3CCN3c3ccccc3)c2)s1. The monoisotopic (exact) mass is 846 g/mol. The number of anilines is 1. The van der Waals surface area contributed by atoms with Gasteiger partial charge in [-0.25, -0.2) is 16.0 Å². The second kappa shape index (κ2) is 23.6. The van der Waals surface area contributed by atoms with Crippen LogP contribution >= 0.6 is 23.1 Å². The molecule has 314 valence electrons. The molecular formula is C47H54N6O5S2. The Morgan fingerprint density at radius 3 is 2.25 bits per heavy atom. The first-order chi connectivity index (χ1) is 29.4. The van der Waals surface area contributed by atoms with Crippen LogP contribution < -0.4 is 16.0 Å². The first-order valence-corrected chi connectivity index (χ1v) is 22.2. The van der Waals surface area contributed by atoms with Gasteiger partial charge in [-0.1, -0.05) is 103 Å². The van der Waals surface area contributed by atoms with E-state index in [-0.39, 0.29) is 0 Å². The zero-order valence-electron chi connectivity index (χ0n) is 34.0. The lowest BCUT2D eigenvalue weighted by molar-refractivity contribution is -0.124. The van der Waals surface area contributed by atoms with Crippen molar-refractivity contribution in [3.05, 3.63) is 166 Å². The molecular weight excluding hydrogens is 793 g/mol. The second-order valence-electron chi connectivity index (χ2n) is 14.4. The van der Waals surface area contributed by atoms with E-state index in [9.17, 15) is 9.59 Å². The van der Waals surface area contributed by atoms with Gasteiger partial charge in [0.15, 0.2) is 0 Å². The molecule has 4 aromatic carbocycles. The van der Waals surface area contributed by atoms with Crippen LogP contribution in [-0.2, 0) is 29.0 Å². The number of thioether (sulfide) groups is 1. The summed E-state index contributed by atoms with van der Waals surface area (Å²) in [5, 5.41) is 22.2. The average molecular weight is 847 g/mol. The normalized spacial score (nSPS) is 14.7. The molecule has 4 N–H and O–H groups in total. The highest BCUT2D eigenvalue weighted by molar-refractivity contribution is 8.03. The number of ether oxygens (including phenoxy) is 1. The zero-order valence-corrected chi connectivity index (χ0v) is 35.6. The summed E-state index contributed by atoms with van der Waals surface area (Å²) in [7, 11) is 0. The summed E-state index contributed by atoms with van der Waals surface area (Å²) in [5.74, 6) is -0.975. The van der Waals surface area contributed by atoms with Gasteiger partial charge < -0.3 is 9.75 Å². The van der Waals surface area contributed by atoms with E-state index in [0.717, 1.165) is 94.5 Å². The number of carbonyl (C=O) groups excluding carboxylic acids is 2. The molecule has 0 atom stereocenters. The smallest absolute Gasteiger partial charge is 0.284 e. The van der Waals surface area contributed by atoms with Crippen LogP contribution in [0.2, 0.25) is 0 Å². The molecule has 60 heavy (non-hydrogen) atoms. The number of carbonyl (C=O) groups is 2. The van der Waals surface area contributed by atoms with Gasteiger partial charge in [0, 0.05) is 63.8 Å². The van der Waals surface area contributed by atoms with Crippen molar-refractivity contribution in [1.82, 2.24) is 25.8 Å². The Bertz CT molecular complexity index is 2160. The molecule has 0 aliphatic carbocycles. The first-order valence-electron chi connectivity index (χ1n) is 20.2. The Balaban J connectivity index is 0.000000208. The van der Waals surface area contributed by atoms with Crippen LogP contribution in [0, 0.1) is 0 Å². The van der Waals surface area contributed by atoms with E-state index in [1.165, 1.54) is 45.5 Å². The number of nitrogens with zero attached hydrogens (tertiary/aromatic N) is 4. The van der Waals surface area contributed by atoms with Crippen molar-refractivity contribution in [3.63, 3.8) is 0 Å². The van der Waals surface area contributed by atoms with E-state index in [4.69, 9.17) is 15.2 Å². The fraction of sp³-hybridized carbons (Fsp3) is 0.277. The third-order valence-electron chi connectivity index (χ3n) is 10.3. The second-order valence-corrected chi connectivity index (χ2v) is 16.3. The highest BCUT2D eigenvalue weighted by Gasteiger charge is 2.25. The Kier molecular flexibility index (Phi) is 17.5. The topological polar surface area (TPSA) is 121 Å². The van der Waals surface area contributed by atoms with Crippen LogP contribution in [-0.4, -0.2) is 102 Å². The van der Waals surface area contributed by atoms with Crippen molar-refractivity contribution in [2.24, 2.45) is 0 Å². The molecule has 2 aliphatic heterocycles. The van der Waals surface area contributed by atoms with Gasteiger partial charge in [0.05, 0.1) is 28.7 Å². The minimum Gasteiger partial charge on any atom is -0.379 e. The lowest BCUT2D eigenvalue weighted by Gasteiger charge is -2.45. The van der Waals surface area contributed by atoms with Gasteiger partial charge in [0.25, 0.3) is 11.8 Å². The molecule has 0 bridgehead atoms. The number of amides is 2. The number of benzene rings is 4. The van der Waals surface area contributed by atoms with E-state index in [2.05, 4.69) is 111 Å². The van der Waals surface area contributed by atoms with Crippen molar-refractivity contribution in [1.29, 1.82) is 0 Å². The van der Waals surface area contributed by atoms with Crippen LogP contribution in [0.5, 0.6) is 0 Å². The number of hydrazine groups is 1. The molecule has 2 amide bonds. The summed E-state index contributed by atoms with van der Waals surface area (Å²) in [6.07, 6.45) is 8.35. The largest absolute Gasteiger partial charge is 0.379 e. The maximum absolute atomic E-state index is 11.6. The van der Waals surface area contributed by atoms with Gasteiger partial charge in [-0.2, -0.15) is 0 Å². The molecule has 7 rings (SSSR count). The Morgan fingerprint density at radius 2 is 1.53 bits per heavy atom. The summed E-state index contributed by atoms with van der Waals surface area (Å²) in [5.41, 5.74) is 10.6. The Labute approximate surface area is 361 Å². The number of rotatable bonds is 17. The minimum atomic E-state index is -0.500. The maximum Gasteiger partial charge on any atom is 0.284 e. The predicted molar refractivity (Wildman–Crippen MR) is 243 cm³/mol. The third-order valence-corrected chi connectivity index (χ3v) is 12.2. The van der Waals surface area contributed by atoms with E-state index in [1.54, 1.807) is 29.4 Å². The highest BCUT2D eigenvalue weighted by atomic mass is 32.2. The molecule has 0 radical (unpaired) electrons. The number of para-hydroxylation sites is 1. The predicted octanol–water partition coefficient (Wildman–Crippen LogP) is 7.60. The van der Waals surface area contributed by atoms with Gasteiger partial charge in [0.1, 0.15) is 0 Å². The van der Waals surface area contributed by atoms with Crippen LogP contribution in [0.3, 0.4) is 0 Å². The van der Waals surface area contributed by atoms with E-state index >= 15 is 0 Å². The van der Waals surface area contributed by atoms with Gasteiger partial charge in [-0.15, -0.1) is 23.1 Å². The van der Waals surface area contributed by atoms with Crippen LogP contribution in [0.25, 0.3) is 16.5 Å². The molecule has 11 nitrogen and oxygen atoms in total. The molecule has 1 aromatic heterocycles. The Hall–Kier alpha value is -5.09. The summed E-state index contributed by atoms with van der Waals surface area (Å²) >= 11 is 2.66. The van der Waals surface area contributed by atoms with Crippen molar-refractivity contribution >= 4 is 46.7 Å². The van der Waals surface area contributed by atoms with Crippen molar-refractivity contribution < 1.29 is 24.7 Å². The quantitative estimate of drug-likeness (QED) is 0.0323. The van der Waals surface area contributed by atoms with Gasteiger partial charge in [-0.3, -0.25) is 29.8 Å². The molecule has 13 heteroatoms. The number of morpholine rings is 1. The molecule has 2 fully saturated rings. The molecule has 0 unspecified atom stereocenters. The lowest BCUT2D eigenvalue weighted by atomic mass is 10.1. The molecule has 0 spiro atoms. The highest BCUT2D eigenvalue weighted by Crippen LogP contribution is 2.30. The van der Waals surface area contributed by atoms with Crippen molar-refractivity contribution in [2.75, 3.05) is 70.3 Å². The van der Waals surface area contributed by atoms with Crippen molar-refractivity contribution in [3.8, 4) is 10.4 Å². The number of allylic oxidation sites excluding steroid dienone is 2. The number of thiophene rings is 1. The van der Waals surface area contributed by atoms with Crippen molar-refractivity contribution in [2.45, 2.75) is 19.5 Å². The summed E-state index contributed by atoms with van der Waals surface area (Å²) in [6, 6.07) is 41.6. The summed E-state index contributed by atoms with van der Waals surface area (Å²) in [4.78, 5) is 30.1. The van der Waals surface area contributed by atoms with Gasteiger partial charge in [-0.05, 0) is 76.9 Å². The average Bonchev–Trinajstić information content (AvgIpc) is 3.79. The first kappa shape index (κ1) is 44.5. The number of hydroxylamine groups is 2. The molecule has 2 saturated heterocycles. The van der Waals surface area contributed by atoms with Crippen LogP contribution in [0.15, 0.2) is 138 Å². The number of nitrogens with one attached hydrogen (secondary N) is 2. The summed E-state index contributed by atoms with van der Waals surface area (Å²) < 4.78 is 5.49.